The van der Waals surface area contributed by atoms with Gasteiger partial charge < -0.3 is 0 Å². The average molecular weight is 1370 g/mol. The summed E-state index contributed by atoms with van der Waals surface area (Å²) >= 11 is 3.76. The zero-order chi connectivity index (χ0) is 70.4. The molecule has 0 atom stereocenters. The maximum atomic E-state index is 5.07. The highest BCUT2D eigenvalue weighted by Gasteiger charge is 2.27. The van der Waals surface area contributed by atoms with Crippen LogP contribution in [-0.2, 0) is 0 Å². The number of benzene rings is 10. The molecule has 10 aromatic carbocycles. The van der Waals surface area contributed by atoms with E-state index in [1.807, 2.05) is 0 Å². The standard InChI is InChI=1S/C35H34N2.C29H29BrN2.C29H30N2/c1-21(2)29-18-26(25-12-8-7-9-13-25)19-30(22(3)4)34(29)33-20-36-35-28-15-11-10-14-27(28)31-16-23(5)24(6)17-32(31)37(33)35;1-16(2)23-13-20(30)14-24(17(3)4)28(23)27-15-31-29-22-10-8-7-9-21(22)25-11-18(5)19(6)12-26(25)32(27)29;1-17(2)21-12-9-13-22(18(3)4)28(21)27-16-30-29-24-11-8-7-10-23(24)25-14-19(5)20(6)15-26(25)31(27)29/h7-22H,1-6H3;7-17H,1-6H3;7-18H,1-6H3. The van der Waals surface area contributed by atoms with Gasteiger partial charge in [0.25, 0.3) is 0 Å². The Kier molecular flexibility index (Phi) is 18.1. The number of imidazole rings is 3. The van der Waals surface area contributed by atoms with Crippen molar-refractivity contribution in [2.24, 2.45) is 0 Å². The van der Waals surface area contributed by atoms with E-state index in [9.17, 15) is 0 Å². The lowest BCUT2D eigenvalue weighted by Crippen LogP contribution is -2.04. The van der Waals surface area contributed by atoms with Gasteiger partial charge in [0, 0.05) is 53.5 Å². The van der Waals surface area contributed by atoms with Crippen LogP contribution in [0.4, 0.5) is 0 Å². The number of fused-ring (bicyclic) bond motifs is 18. The predicted octanol–water partition coefficient (Wildman–Crippen LogP) is 26.9. The lowest BCUT2D eigenvalue weighted by Gasteiger charge is -2.22. The van der Waals surface area contributed by atoms with Crippen molar-refractivity contribution in [2.75, 3.05) is 0 Å². The van der Waals surface area contributed by atoms with Gasteiger partial charge in [-0.25, -0.2) is 15.0 Å². The summed E-state index contributed by atoms with van der Waals surface area (Å²) in [6.45, 7) is 40.7. The van der Waals surface area contributed by atoms with Gasteiger partial charge in [-0.1, -0.05) is 232 Å². The second-order valence-corrected chi connectivity index (χ2v) is 30.9. The van der Waals surface area contributed by atoms with Crippen molar-refractivity contribution in [3.63, 3.8) is 0 Å². The third-order valence-corrected chi connectivity index (χ3v) is 21.8. The maximum Gasteiger partial charge on any atom is 0.145 e. The van der Waals surface area contributed by atoms with Crippen LogP contribution in [0.3, 0.4) is 0 Å². The number of rotatable bonds is 10. The van der Waals surface area contributed by atoms with Crippen molar-refractivity contribution in [2.45, 2.75) is 160 Å². The molecule has 502 valence electrons. The molecule has 0 aliphatic heterocycles. The first-order valence-corrected chi connectivity index (χ1v) is 36.9. The Morgan fingerprint density at radius 2 is 0.530 bits per heavy atom. The molecule has 0 radical (unpaired) electrons. The number of halogens is 1. The minimum absolute atomic E-state index is 0.373. The van der Waals surface area contributed by atoms with E-state index in [-0.39, 0.29) is 0 Å². The Morgan fingerprint density at radius 3 is 0.840 bits per heavy atom. The molecule has 16 aromatic rings. The van der Waals surface area contributed by atoms with Crippen molar-refractivity contribution in [1.82, 2.24) is 28.2 Å². The molecule has 0 N–H and O–H groups in total. The zero-order valence-corrected chi connectivity index (χ0v) is 63.2. The monoisotopic (exact) mass is 1370 g/mol. The van der Waals surface area contributed by atoms with Gasteiger partial charge in [-0.3, -0.25) is 13.2 Å². The molecule has 6 heterocycles. The van der Waals surface area contributed by atoms with E-state index in [1.54, 1.807) is 0 Å². The molecular weight excluding hydrogens is 1280 g/mol. The van der Waals surface area contributed by atoms with Crippen molar-refractivity contribution in [3.05, 3.63) is 272 Å². The lowest BCUT2D eigenvalue weighted by atomic mass is 9.84. The van der Waals surface area contributed by atoms with Crippen molar-refractivity contribution < 1.29 is 0 Å². The summed E-state index contributed by atoms with van der Waals surface area (Å²) in [5.74, 6) is 2.43. The second kappa shape index (κ2) is 26.8. The first kappa shape index (κ1) is 67.5. The fourth-order valence-corrected chi connectivity index (χ4v) is 16.1. The highest BCUT2D eigenvalue weighted by Crippen LogP contribution is 2.46. The second-order valence-electron chi connectivity index (χ2n) is 30.0. The molecule has 0 aliphatic carbocycles. The van der Waals surface area contributed by atoms with E-state index in [0.29, 0.717) is 35.5 Å². The molecule has 0 spiro atoms. The van der Waals surface area contributed by atoms with Gasteiger partial charge in [0.1, 0.15) is 16.9 Å². The Labute approximate surface area is 599 Å². The summed E-state index contributed by atoms with van der Waals surface area (Å²) in [4.78, 5) is 15.1. The van der Waals surface area contributed by atoms with Crippen LogP contribution in [-0.4, -0.2) is 28.2 Å². The Bertz CT molecular complexity index is 5800. The van der Waals surface area contributed by atoms with Crippen molar-refractivity contribution in [1.29, 1.82) is 0 Å². The normalized spacial score (nSPS) is 12.1. The molecule has 0 amide bonds. The highest BCUT2D eigenvalue weighted by molar-refractivity contribution is 9.10. The van der Waals surface area contributed by atoms with Gasteiger partial charge in [0.05, 0.1) is 52.2 Å². The molecule has 0 unspecified atom stereocenters. The van der Waals surface area contributed by atoms with Crippen LogP contribution in [0.5, 0.6) is 0 Å². The average Bonchev–Trinajstić information content (AvgIpc) is 1.46. The minimum Gasteiger partial charge on any atom is -0.292 e. The van der Waals surface area contributed by atoms with E-state index in [2.05, 4.69) is 354 Å². The molecule has 6 aromatic heterocycles. The van der Waals surface area contributed by atoms with Crippen molar-refractivity contribution >= 4 is 97.9 Å². The molecule has 0 bridgehead atoms. The number of hydrogen-bond donors (Lipinski definition) is 0. The maximum absolute atomic E-state index is 5.07. The summed E-state index contributed by atoms with van der Waals surface area (Å²) < 4.78 is 8.35. The van der Waals surface area contributed by atoms with E-state index in [4.69, 9.17) is 15.0 Å². The van der Waals surface area contributed by atoms with Gasteiger partial charge >= 0.3 is 0 Å². The molecular formula is C93H93BrN6. The van der Waals surface area contributed by atoms with E-state index >= 15 is 0 Å². The number of pyridine rings is 3. The molecule has 0 aliphatic rings. The van der Waals surface area contributed by atoms with Gasteiger partial charge in [-0.2, -0.15) is 0 Å². The zero-order valence-electron chi connectivity index (χ0n) is 61.6. The van der Waals surface area contributed by atoms with Gasteiger partial charge in [-0.15, -0.1) is 0 Å². The SMILES string of the molecule is Cc1cc2c3ccccc3c3ncc(-c4c(C(C)C)cc(-c5ccccc5)cc4C(C)C)n3c2cc1C.Cc1cc2c3ccccc3c3ncc(-c4c(C(C)C)cc(Br)cc4C(C)C)n3c2cc1C.Cc1cc2c3ccccc3c3ncc(-c4c(C(C)C)cccc4C(C)C)n3c2cc1C. The van der Waals surface area contributed by atoms with E-state index in [0.717, 1.165) is 21.4 Å². The Morgan fingerprint density at radius 1 is 0.260 bits per heavy atom. The fourth-order valence-electron chi connectivity index (χ4n) is 15.6. The lowest BCUT2D eigenvalue weighted by molar-refractivity contribution is 0.834. The highest BCUT2D eigenvalue weighted by atomic mass is 79.9. The quantitative estimate of drug-likeness (QED) is 0.128. The number of hydrogen-bond acceptors (Lipinski definition) is 3. The summed E-state index contributed by atoms with van der Waals surface area (Å²) in [5, 5.41) is 11.2. The van der Waals surface area contributed by atoms with Crippen molar-refractivity contribution in [3.8, 4) is 44.9 Å². The molecule has 0 saturated heterocycles. The summed E-state index contributed by atoms with van der Waals surface area (Å²) in [5.41, 5.74) is 33.0. The summed E-state index contributed by atoms with van der Waals surface area (Å²) in [6.07, 6.45) is 6.27. The molecule has 6 nitrogen and oxygen atoms in total. The van der Waals surface area contributed by atoms with E-state index in [1.165, 1.54) is 177 Å². The summed E-state index contributed by atoms with van der Waals surface area (Å²) in [6, 6.07) is 67.0. The molecule has 0 fully saturated rings. The van der Waals surface area contributed by atoms with E-state index < -0.39 is 0 Å². The smallest absolute Gasteiger partial charge is 0.145 e. The first-order chi connectivity index (χ1) is 48.0. The Hall–Kier alpha value is -9.69. The van der Waals surface area contributed by atoms with Crippen LogP contribution in [0.2, 0.25) is 0 Å². The van der Waals surface area contributed by atoms with Crippen LogP contribution in [0.25, 0.3) is 127 Å². The molecule has 7 heteroatoms. The molecule has 16 rings (SSSR count). The largest absolute Gasteiger partial charge is 0.292 e. The predicted molar refractivity (Wildman–Crippen MR) is 433 cm³/mol. The topological polar surface area (TPSA) is 51.9 Å². The third-order valence-electron chi connectivity index (χ3n) is 21.3. The number of nitrogens with zero attached hydrogens (tertiary/aromatic N) is 6. The van der Waals surface area contributed by atoms with Gasteiger partial charge in [0.2, 0.25) is 0 Å². The van der Waals surface area contributed by atoms with Crippen LogP contribution >= 0.6 is 15.9 Å². The van der Waals surface area contributed by atoms with Crippen LogP contribution in [0.1, 0.15) is 185 Å². The summed E-state index contributed by atoms with van der Waals surface area (Å²) in [7, 11) is 0. The first-order valence-electron chi connectivity index (χ1n) is 36.1. The minimum atomic E-state index is 0.373. The Balaban J connectivity index is 0.000000128. The fraction of sp³-hybridized carbons (Fsp3) is 0.258. The third kappa shape index (κ3) is 11.7. The van der Waals surface area contributed by atoms with Crippen LogP contribution < -0.4 is 0 Å². The van der Waals surface area contributed by atoms with Crippen LogP contribution in [0.15, 0.2) is 205 Å². The molecule has 100 heavy (non-hydrogen) atoms. The van der Waals surface area contributed by atoms with Crippen LogP contribution in [0, 0.1) is 41.5 Å². The number of aryl methyl sites for hydroxylation is 6. The number of aromatic nitrogens is 6. The van der Waals surface area contributed by atoms with Gasteiger partial charge in [0.15, 0.2) is 0 Å². The van der Waals surface area contributed by atoms with Gasteiger partial charge in [-0.05, 0) is 220 Å². The molecule has 0 saturated carbocycles.